The normalized spacial score (nSPS) is 35.7. The van der Waals surface area contributed by atoms with Crippen molar-refractivity contribution in [2.45, 2.75) is 39.5 Å². The van der Waals surface area contributed by atoms with Gasteiger partial charge in [-0.25, -0.2) is 0 Å². The highest BCUT2D eigenvalue weighted by atomic mass is 16.1. The van der Waals surface area contributed by atoms with Gasteiger partial charge < -0.3 is 0 Å². The first kappa shape index (κ1) is 8.03. The summed E-state index contributed by atoms with van der Waals surface area (Å²) in [5.74, 6) is 0.951. The SMILES string of the molecule is C[C@@H]1C(=O)[C@H](C)C2=C1CCCC2. The Hall–Kier alpha value is -0.590. The molecule has 2 atom stereocenters. The Labute approximate surface area is 73.8 Å². The predicted molar refractivity (Wildman–Crippen MR) is 48.8 cm³/mol. The highest BCUT2D eigenvalue weighted by Crippen LogP contribution is 2.41. The number of Topliss-reactive ketones (excluding diaryl/α,β-unsaturated/α-hetero) is 1. The second-order valence-electron chi connectivity index (χ2n) is 4.10. The van der Waals surface area contributed by atoms with E-state index in [-0.39, 0.29) is 11.8 Å². The van der Waals surface area contributed by atoms with Crippen LogP contribution in [-0.2, 0) is 4.79 Å². The van der Waals surface area contributed by atoms with Gasteiger partial charge in [0, 0.05) is 11.8 Å². The summed E-state index contributed by atoms with van der Waals surface area (Å²) in [6.45, 7) is 4.15. The van der Waals surface area contributed by atoms with Crippen molar-refractivity contribution in [2.75, 3.05) is 0 Å². The Kier molecular flexibility index (Phi) is 1.82. The molecule has 0 saturated carbocycles. The summed E-state index contributed by atoms with van der Waals surface area (Å²) in [6, 6.07) is 0. The first-order valence-electron chi connectivity index (χ1n) is 4.97. The van der Waals surface area contributed by atoms with E-state index in [4.69, 9.17) is 0 Å². The zero-order chi connectivity index (χ0) is 8.72. The Bertz CT molecular complexity index is 226. The lowest BCUT2D eigenvalue weighted by Gasteiger charge is -2.16. The van der Waals surface area contributed by atoms with Crippen molar-refractivity contribution in [2.24, 2.45) is 11.8 Å². The van der Waals surface area contributed by atoms with E-state index in [9.17, 15) is 4.79 Å². The van der Waals surface area contributed by atoms with Crippen molar-refractivity contribution >= 4 is 5.78 Å². The number of ketones is 1. The Morgan fingerprint density at radius 3 is 1.83 bits per heavy atom. The Balaban J connectivity index is 2.35. The number of hydrogen-bond donors (Lipinski definition) is 0. The molecule has 0 aromatic carbocycles. The van der Waals surface area contributed by atoms with E-state index >= 15 is 0 Å². The van der Waals surface area contributed by atoms with Crippen LogP contribution in [0.25, 0.3) is 0 Å². The van der Waals surface area contributed by atoms with Gasteiger partial charge in [-0.15, -0.1) is 0 Å². The lowest BCUT2D eigenvalue weighted by atomic mass is 9.89. The molecular formula is C11H16O. The van der Waals surface area contributed by atoms with Gasteiger partial charge in [0.25, 0.3) is 0 Å². The van der Waals surface area contributed by atoms with Crippen LogP contribution in [0.5, 0.6) is 0 Å². The van der Waals surface area contributed by atoms with Crippen LogP contribution in [-0.4, -0.2) is 5.78 Å². The minimum absolute atomic E-state index is 0.246. The van der Waals surface area contributed by atoms with Crippen LogP contribution in [0.3, 0.4) is 0 Å². The van der Waals surface area contributed by atoms with E-state index in [1.807, 2.05) is 0 Å². The van der Waals surface area contributed by atoms with Crippen molar-refractivity contribution in [3.63, 3.8) is 0 Å². The van der Waals surface area contributed by atoms with Gasteiger partial charge >= 0.3 is 0 Å². The number of allylic oxidation sites excluding steroid dienone is 2. The van der Waals surface area contributed by atoms with Crippen LogP contribution in [0.4, 0.5) is 0 Å². The molecule has 2 aliphatic rings. The van der Waals surface area contributed by atoms with Crippen molar-refractivity contribution in [3.8, 4) is 0 Å². The number of carbonyl (C=O) groups excluding carboxylic acids is 1. The summed E-state index contributed by atoms with van der Waals surface area (Å²) in [5, 5.41) is 0. The molecule has 0 radical (unpaired) electrons. The molecule has 12 heavy (non-hydrogen) atoms. The summed E-state index contributed by atoms with van der Waals surface area (Å²) in [4.78, 5) is 11.6. The van der Waals surface area contributed by atoms with Crippen LogP contribution in [0.1, 0.15) is 39.5 Å². The predicted octanol–water partition coefficient (Wildman–Crippen LogP) is 2.71. The molecule has 66 valence electrons. The molecule has 1 heteroatoms. The van der Waals surface area contributed by atoms with E-state index in [0.717, 1.165) is 0 Å². The zero-order valence-corrected chi connectivity index (χ0v) is 7.89. The molecule has 1 nitrogen and oxygen atoms in total. The summed E-state index contributed by atoms with van der Waals surface area (Å²) in [7, 11) is 0. The smallest absolute Gasteiger partial charge is 0.146 e. The van der Waals surface area contributed by atoms with Gasteiger partial charge in [-0.1, -0.05) is 25.0 Å². The molecule has 2 aliphatic carbocycles. The topological polar surface area (TPSA) is 17.1 Å². The fourth-order valence-electron chi connectivity index (χ4n) is 2.66. The minimum atomic E-state index is 0.246. The summed E-state index contributed by atoms with van der Waals surface area (Å²) in [6.07, 6.45) is 4.96. The van der Waals surface area contributed by atoms with Gasteiger partial charge in [-0.2, -0.15) is 0 Å². The summed E-state index contributed by atoms with van der Waals surface area (Å²) >= 11 is 0. The third-order valence-corrected chi connectivity index (χ3v) is 3.45. The number of carbonyl (C=O) groups is 1. The first-order chi connectivity index (χ1) is 5.72. The van der Waals surface area contributed by atoms with Gasteiger partial charge in [-0.05, 0) is 25.7 Å². The minimum Gasteiger partial charge on any atom is -0.298 e. The van der Waals surface area contributed by atoms with Crippen LogP contribution in [0.2, 0.25) is 0 Å². The fraction of sp³-hybridized carbons (Fsp3) is 0.727. The van der Waals surface area contributed by atoms with Gasteiger partial charge in [0.15, 0.2) is 0 Å². The first-order valence-corrected chi connectivity index (χ1v) is 4.97. The van der Waals surface area contributed by atoms with Crippen molar-refractivity contribution in [1.29, 1.82) is 0 Å². The van der Waals surface area contributed by atoms with Crippen LogP contribution in [0, 0.1) is 11.8 Å². The standard InChI is InChI=1S/C11H16O/c1-7-9-5-3-4-6-10(9)8(2)11(7)12/h7-8H,3-6H2,1-2H3/t7-,8+. The average molecular weight is 164 g/mol. The number of rotatable bonds is 0. The lowest BCUT2D eigenvalue weighted by Crippen LogP contribution is -2.11. The molecule has 0 aliphatic heterocycles. The van der Waals surface area contributed by atoms with E-state index in [1.54, 1.807) is 0 Å². The van der Waals surface area contributed by atoms with Gasteiger partial charge in [0.2, 0.25) is 0 Å². The zero-order valence-electron chi connectivity index (χ0n) is 7.89. The van der Waals surface area contributed by atoms with Crippen LogP contribution >= 0.6 is 0 Å². The molecular weight excluding hydrogens is 148 g/mol. The maximum atomic E-state index is 11.6. The van der Waals surface area contributed by atoms with Crippen molar-refractivity contribution in [3.05, 3.63) is 11.1 Å². The molecule has 0 amide bonds. The Morgan fingerprint density at radius 1 is 1.00 bits per heavy atom. The second-order valence-corrected chi connectivity index (χ2v) is 4.10. The molecule has 0 aromatic heterocycles. The monoisotopic (exact) mass is 164 g/mol. The van der Waals surface area contributed by atoms with E-state index in [1.165, 1.54) is 36.8 Å². The highest BCUT2D eigenvalue weighted by Gasteiger charge is 2.36. The molecule has 0 fully saturated rings. The molecule has 2 rings (SSSR count). The van der Waals surface area contributed by atoms with Crippen molar-refractivity contribution < 1.29 is 4.79 Å². The lowest BCUT2D eigenvalue weighted by molar-refractivity contribution is -0.122. The van der Waals surface area contributed by atoms with Gasteiger partial charge in [-0.3, -0.25) is 4.79 Å². The highest BCUT2D eigenvalue weighted by molar-refractivity contribution is 5.91. The van der Waals surface area contributed by atoms with Crippen LogP contribution < -0.4 is 0 Å². The van der Waals surface area contributed by atoms with E-state index < -0.39 is 0 Å². The second kappa shape index (κ2) is 2.72. The maximum Gasteiger partial charge on any atom is 0.146 e. The fourth-order valence-corrected chi connectivity index (χ4v) is 2.66. The van der Waals surface area contributed by atoms with E-state index in [0.29, 0.717) is 5.78 Å². The molecule has 0 saturated heterocycles. The van der Waals surface area contributed by atoms with E-state index in [2.05, 4.69) is 13.8 Å². The van der Waals surface area contributed by atoms with Crippen LogP contribution in [0.15, 0.2) is 11.1 Å². The summed E-state index contributed by atoms with van der Waals surface area (Å²) < 4.78 is 0. The third-order valence-electron chi connectivity index (χ3n) is 3.45. The third kappa shape index (κ3) is 0.954. The summed E-state index contributed by atoms with van der Waals surface area (Å²) in [5.41, 5.74) is 2.97. The Morgan fingerprint density at radius 2 is 1.42 bits per heavy atom. The molecule has 0 spiro atoms. The van der Waals surface area contributed by atoms with Gasteiger partial charge in [0.1, 0.15) is 5.78 Å². The van der Waals surface area contributed by atoms with Gasteiger partial charge in [0.05, 0.1) is 0 Å². The number of hydrogen-bond acceptors (Lipinski definition) is 1. The average Bonchev–Trinajstić information content (AvgIpc) is 2.33. The van der Waals surface area contributed by atoms with Crippen molar-refractivity contribution in [1.82, 2.24) is 0 Å². The largest absolute Gasteiger partial charge is 0.298 e. The molecule has 0 heterocycles. The molecule has 0 N–H and O–H groups in total. The maximum absolute atomic E-state index is 11.6. The quantitative estimate of drug-likeness (QED) is 0.503. The molecule has 0 bridgehead atoms. The molecule has 0 unspecified atom stereocenters. The molecule has 0 aromatic rings.